The number of hydrogen-bond acceptors (Lipinski definition) is 4. The maximum absolute atomic E-state index is 12.1. The van der Waals surface area contributed by atoms with Gasteiger partial charge in [0, 0.05) is 22.8 Å². The summed E-state index contributed by atoms with van der Waals surface area (Å²) in [7, 11) is -3.55. The average Bonchev–Trinajstić information content (AvgIpc) is 2.95. The fourth-order valence-corrected chi connectivity index (χ4v) is 3.83. The van der Waals surface area contributed by atoms with E-state index in [0.717, 1.165) is 10.4 Å². The fraction of sp³-hybridized carbons (Fsp3) is 0.312. The van der Waals surface area contributed by atoms with Gasteiger partial charge in [-0.25, -0.2) is 17.9 Å². The number of amides is 2. The van der Waals surface area contributed by atoms with Gasteiger partial charge in [0.05, 0.1) is 11.4 Å². The molecule has 3 N–H and O–H groups in total. The maximum Gasteiger partial charge on any atom is 0.315 e. The first kappa shape index (κ1) is 18.4. The Kier molecular flexibility index (Phi) is 6.36. The van der Waals surface area contributed by atoms with Crippen molar-refractivity contribution >= 4 is 27.4 Å². The first-order chi connectivity index (χ1) is 11.4. The van der Waals surface area contributed by atoms with E-state index in [1.807, 2.05) is 26.0 Å². The standard InChI is InChI=1S/C16H21N3O3S2/c1-12-3-7-15(8-4-12)24(21,22)19-10-9-17-16(20)18-11-14-6-5-13(2)23-14/h3-8,19H,9-11H2,1-2H3,(H2,17,18,20). The summed E-state index contributed by atoms with van der Waals surface area (Å²) in [4.78, 5) is 14.1. The van der Waals surface area contributed by atoms with E-state index in [1.165, 1.54) is 4.88 Å². The van der Waals surface area contributed by atoms with Crippen molar-refractivity contribution in [1.29, 1.82) is 0 Å². The van der Waals surface area contributed by atoms with Crippen molar-refractivity contribution in [2.24, 2.45) is 0 Å². The Morgan fingerprint density at radius 2 is 1.71 bits per heavy atom. The number of aryl methyl sites for hydroxylation is 2. The predicted octanol–water partition coefficient (Wildman–Crippen LogP) is 2.14. The summed E-state index contributed by atoms with van der Waals surface area (Å²) in [6.07, 6.45) is 0. The van der Waals surface area contributed by atoms with Crippen LogP contribution in [-0.4, -0.2) is 27.5 Å². The zero-order valence-corrected chi connectivity index (χ0v) is 15.3. The van der Waals surface area contributed by atoms with Crippen LogP contribution in [0.15, 0.2) is 41.3 Å². The van der Waals surface area contributed by atoms with Crippen LogP contribution in [0.2, 0.25) is 0 Å². The highest BCUT2D eigenvalue weighted by atomic mass is 32.2. The SMILES string of the molecule is Cc1ccc(S(=O)(=O)NCCNC(=O)NCc2ccc(C)s2)cc1. The third-order valence-corrected chi connectivity index (χ3v) is 5.73. The lowest BCUT2D eigenvalue weighted by Gasteiger charge is -2.09. The topological polar surface area (TPSA) is 87.3 Å². The van der Waals surface area contributed by atoms with Crippen LogP contribution in [0.25, 0.3) is 0 Å². The van der Waals surface area contributed by atoms with Crippen LogP contribution in [0.5, 0.6) is 0 Å². The lowest BCUT2D eigenvalue weighted by Crippen LogP contribution is -2.39. The van der Waals surface area contributed by atoms with Crippen LogP contribution >= 0.6 is 11.3 Å². The first-order valence-electron chi connectivity index (χ1n) is 7.50. The molecular formula is C16H21N3O3S2. The molecule has 1 heterocycles. The van der Waals surface area contributed by atoms with Gasteiger partial charge in [0.25, 0.3) is 0 Å². The molecule has 2 amide bonds. The van der Waals surface area contributed by atoms with Crippen molar-refractivity contribution in [3.8, 4) is 0 Å². The molecule has 130 valence electrons. The summed E-state index contributed by atoms with van der Waals surface area (Å²) < 4.78 is 26.6. The molecule has 0 atom stereocenters. The maximum atomic E-state index is 12.1. The van der Waals surface area contributed by atoms with E-state index in [9.17, 15) is 13.2 Å². The highest BCUT2D eigenvalue weighted by molar-refractivity contribution is 7.89. The number of carbonyl (C=O) groups excluding carboxylic acids is 1. The van der Waals surface area contributed by atoms with Crippen molar-refractivity contribution in [3.05, 3.63) is 51.7 Å². The predicted molar refractivity (Wildman–Crippen MR) is 95.7 cm³/mol. The number of nitrogens with one attached hydrogen (secondary N) is 3. The van der Waals surface area contributed by atoms with Crippen LogP contribution in [0.4, 0.5) is 4.79 Å². The van der Waals surface area contributed by atoms with E-state index in [1.54, 1.807) is 35.6 Å². The number of thiophene rings is 1. The molecule has 0 saturated heterocycles. The van der Waals surface area contributed by atoms with Gasteiger partial charge >= 0.3 is 6.03 Å². The van der Waals surface area contributed by atoms with Gasteiger partial charge in [-0.1, -0.05) is 17.7 Å². The largest absolute Gasteiger partial charge is 0.337 e. The van der Waals surface area contributed by atoms with Gasteiger partial charge in [0.15, 0.2) is 0 Å². The molecule has 1 aromatic carbocycles. The van der Waals surface area contributed by atoms with Crippen LogP contribution in [-0.2, 0) is 16.6 Å². The molecule has 0 aliphatic rings. The Morgan fingerprint density at radius 3 is 2.33 bits per heavy atom. The van der Waals surface area contributed by atoms with Gasteiger partial charge in [-0.3, -0.25) is 0 Å². The quantitative estimate of drug-likeness (QED) is 0.655. The van der Waals surface area contributed by atoms with Crippen LogP contribution in [0.1, 0.15) is 15.3 Å². The number of hydrogen-bond donors (Lipinski definition) is 3. The van der Waals surface area contributed by atoms with Gasteiger partial charge < -0.3 is 10.6 Å². The molecule has 0 fully saturated rings. The van der Waals surface area contributed by atoms with Crippen LogP contribution in [0, 0.1) is 13.8 Å². The van der Waals surface area contributed by atoms with E-state index in [2.05, 4.69) is 15.4 Å². The Bertz CT molecular complexity index is 783. The van der Waals surface area contributed by atoms with Crippen molar-refractivity contribution in [2.45, 2.75) is 25.3 Å². The molecule has 0 bridgehead atoms. The van der Waals surface area contributed by atoms with E-state index in [0.29, 0.717) is 6.54 Å². The van der Waals surface area contributed by atoms with Gasteiger partial charge in [-0.2, -0.15) is 0 Å². The first-order valence-corrected chi connectivity index (χ1v) is 9.80. The smallest absolute Gasteiger partial charge is 0.315 e. The zero-order valence-electron chi connectivity index (χ0n) is 13.6. The molecule has 0 aliphatic carbocycles. The number of urea groups is 1. The highest BCUT2D eigenvalue weighted by Gasteiger charge is 2.12. The molecule has 2 aromatic rings. The summed E-state index contributed by atoms with van der Waals surface area (Å²) in [5.41, 5.74) is 0.994. The van der Waals surface area contributed by atoms with Crippen molar-refractivity contribution in [2.75, 3.05) is 13.1 Å². The summed E-state index contributed by atoms with van der Waals surface area (Å²) in [6.45, 7) is 4.69. The minimum atomic E-state index is -3.55. The molecule has 6 nitrogen and oxygen atoms in total. The lowest BCUT2D eigenvalue weighted by atomic mass is 10.2. The molecular weight excluding hydrogens is 346 g/mol. The molecule has 0 saturated carbocycles. The summed E-state index contributed by atoms with van der Waals surface area (Å²) in [6, 6.07) is 10.2. The van der Waals surface area contributed by atoms with Crippen molar-refractivity contribution in [1.82, 2.24) is 15.4 Å². The van der Waals surface area contributed by atoms with Gasteiger partial charge in [-0.15, -0.1) is 11.3 Å². The molecule has 0 spiro atoms. The van der Waals surface area contributed by atoms with Gasteiger partial charge in [0.1, 0.15) is 0 Å². The average molecular weight is 367 g/mol. The van der Waals surface area contributed by atoms with Gasteiger partial charge in [0.2, 0.25) is 10.0 Å². The second-order valence-electron chi connectivity index (χ2n) is 5.33. The monoisotopic (exact) mass is 367 g/mol. The Balaban J connectivity index is 1.70. The van der Waals surface area contributed by atoms with Crippen molar-refractivity contribution < 1.29 is 13.2 Å². The highest BCUT2D eigenvalue weighted by Crippen LogP contribution is 2.14. The molecule has 0 aliphatic heterocycles. The van der Waals surface area contributed by atoms with E-state index in [-0.39, 0.29) is 24.0 Å². The molecule has 0 radical (unpaired) electrons. The minimum absolute atomic E-state index is 0.127. The van der Waals surface area contributed by atoms with Gasteiger partial charge in [-0.05, 0) is 38.1 Å². The number of benzene rings is 1. The number of rotatable bonds is 7. The van der Waals surface area contributed by atoms with E-state index >= 15 is 0 Å². The Labute approximate surface area is 146 Å². The normalized spacial score (nSPS) is 11.2. The van der Waals surface area contributed by atoms with Crippen molar-refractivity contribution in [3.63, 3.8) is 0 Å². The lowest BCUT2D eigenvalue weighted by molar-refractivity contribution is 0.240. The summed E-state index contributed by atoms with van der Waals surface area (Å²) in [5.74, 6) is 0. The molecule has 8 heteroatoms. The third-order valence-electron chi connectivity index (χ3n) is 3.25. The Morgan fingerprint density at radius 1 is 1.00 bits per heavy atom. The second-order valence-corrected chi connectivity index (χ2v) is 8.47. The molecule has 2 rings (SSSR count). The Hall–Kier alpha value is -1.90. The second kappa shape index (κ2) is 8.27. The third kappa shape index (κ3) is 5.63. The zero-order chi connectivity index (χ0) is 17.6. The summed E-state index contributed by atoms with van der Waals surface area (Å²) >= 11 is 1.63. The molecule has 1 aromatic heterocycles. The number of carbonyl (C=O) groups is 1. The van der Waals surface area contributed by atoms with Crippen LogP contribution in [0.3, 0.4) is 0 Å². The number of sulfonamides is 1. The minimum Gasteiger partial charge on any atom is -0.337 e. The fourth-order valence-electron chi connectivity index (χ4n) is 1.97. The van der Waals surface area contributed by atoms with Crippen LogP contribution < -0.4 is 15.4 Å². The summed E-state index contributed by atoms with van der Waals surface area (Å²) in [5, 5.41) is 5.35. The van der Waals surface area contributed by atoms with E-state index in [4.69, 9.17) is 0 Å². The van der Waals surface area contributed by atoms with E-state index < -0.39 is 10.0 Å². The molecule has 0 unspecified atom stereocenters. The molecule has 24 heavy (non-hydrogen) atoms.